The van der Waals surface area contributed by atoms with Crippen LogP contribution in [0.25, 0.3) is 0 Å². The summed E-state index contributed by atoms with van der Waals surface area (Å²) in [7, 11) is 0. The van der Waals surface area contributed by atoms with Gasteiger partial charge >= 0.3 is 12.1 Å². The molecular formula is C21H27N3O4. The topological polar surface area (TPSA) is 108 Å². The second-order valence-corrected chi connectivity index (χ2v) is 6.34. The molecule has 1 amide bonds. The van der Waals surface area contributed by atoms with Gasteiger partial charge in [-0.25, -0.2) is 20.4 Å². The highest BCUT2D eigenvalue weighted by atomic mass is 16.6. The predicted molar refractivity (Wildman–Crippen MR) is 106 cm³/mol. The van der Waals surface area contributed by atoms with E-state index in [1.165, 1.54) is 0 Å². The van der Waals surface area contributed by atoms with Crippen molar-refractivity contribution >= 4 is 12.1 Å². The summed E-state index contributed by atoms with van der Waals surface area (Å²) in [5.74, 6) is 5.34. The Hall–Kier alpha value is -2.90. The first kappa shape index (κ1) is 21.4. The van der Waals surface area contributed by atoms with Crippen LogP contribution in [0.1, 0.15) is 30.4 Å². The van der Waals surface area contributed by atoms with Crippen molar-refractivity contribution in [3.63, 3.8) is 0 Å². The van der Waals surface area contributed by atoms with E-state index in [0.29, 0.717) is 19.4 Å². The van der Waals surface area contributed by atoms with Gasteiger partial charge in [-0.15, -0.1) is 0 Å². The Morgan fingerprint density at radius 3 is 1.93 bits per heavy atom. The van der Waals surface area contributed by atoms with Gasteiger partial charge in [-0.2, -0.15) is 0 Å². The zero-order chi connectivity index (χ0) is 20.2. The molecule has 150 valence electrons. The molecule has 0 aliphatic heterocycles. The fraction of sp³-hybridized carbons (Fsp3) is 0.333. The average Bonchev–Trinajstić information content (AvgIpc) is 2.74. The van der Waals surface area contributed by atoms with E-state index in [-0.39, 0.29) is 13.2 Å². The molecule has 0 fully saturated rings. The molecule has 0 saturated carbocycles. The summed E-state index contributed by atoms with van der Waals surface area (Å²) in [6, 6.07) is 17.6. The Kier molecular flexibility index (Phi) is 8.97. The summed E-state index contributed by atoms with van der Waals surface area (Å²) in [5.41, 5.74) is 7.20. The molecular weight excluding hydrogens is 358 g/mol. The first-order valence-electron chi connectivity index (χ1n) is 9.27. The molecule has 0 spiro atoms. The number of esters is 1. The Labute approximate surface area is 165 Å². The Balaban J connectivity index is 1.94. The molecule has 0 heterocycles. The van der Waals surface area contributed by atoms with E-state index in [2.05, 4.69) is 0 Å². The number of hydrogen-bond donors (Lipinski definition) is 2. The Morgan fingerprint density at radius 2 is 1.39 bits per heavy atom. The van der Waals surface area contributed by atoms with Crippen LogP contribution in [-0.2, 0) is 27.5 Å². The van der Waals surface area contributed by atoms with Crippen molar-refractivity contribution in [2.75, 3.05) is 6.54 Å². The number of rotatable bonds is 10. The van der Waals surface area contributed by atoms with Crippen molar-refractivity contribution in [3.05, 3.63) is 71.8 Å². The van der Waals surface area contributed by atoms with Crippen LogP contribution in [0.15, 0.2) is 60.7 Å². The number of ether oxygens (including phenoxy) is 2. The van der Waals surface area contributed by atoms with Gasteiger partial charge < -0.3 is 15.2 Å². The van der Waals surface area contributed by atoms with Crippen LogP contribution >= 0.6 is 0 Å². The van der Waals surface area contributed by atoms with E-state index in [4.69, 9.17) is 21.1 Å². The van der Waals surface area contributed by atoms with Crippen LogP contribution in [0.2, 0.25) is 0 Å². The van der Waals surface area contributed by atoms with Crippen molar-refractivity contribution < 1.29 is 19.1 Å². The quantitative estimate of drug-likeness (QED) is 0.214. The van der Waals surface area contributed by atoms with Crippen molar-refractivity contribution in [3.8, 4) is 0 Å². The van der Waals surface area contributed by atoms with Crippen LogP contribution < -0.4 is 11.6 Å². The molecule has 2 rings (SSSR count). The molecule has 7 heteroatoms. The zero-order valence-electron chi connectivity index (χ0n) is 15.8. The third-order valence-corrected chi connectivity index (χ3v) is 4.18. The molecule has 4 N–H and O–H groups in total. The van der Waals surface area contributed by atoms with Crippen LogP contribution in [-0.4, -0.2) is 29.7 Å². The van der Waals surface area contributed by atoms with Gasteiger partial charge in [0.25, 0.3) is 0 Å². The van der Waals surface area contributed by atoms with Gasteiger partial charge in [-0.05, 0) is 36.9 Å². The van der Waals surface area contributed by atoms with Crippen LogP contribution in [0, 0.1) is 0 Å². The maximum absolute atomic E-state index is 12.5. The molecule has 0 aromatic heterocycles. The van der Waals surface area contributed by atoms with Crippen molar-refractivity contribution in [2.45, 2.75) is 38.5 Å². The minimum Gasteiger partial charge on any atom is -0.459 e. The van der Waals surface area contributed by atoms with Gasteiger partial charge in [0.2, 0.25) is 0 Å². The smallest absolute Gasteiger partial charge is 0.425 e. The standard InChI is InChI=1S/C21H27N3O4/c22-14-8-7-13-19(20(25)27-15-17-9-3-1-4-10-17)24(23)21(26)28-16-18-11-5-2-6-12-18/h1-6,9-12,19H,7-8,13-16,22-23H2/t19-/m0/s1. The van der Waals surface area contributed by atoms with E-state index in [1.807, 2.05) is 60.7 Å². The van der Waals surface area contributed by atoms with Crippen molar-refractivity contribution in [2.24, 2.45) is 11.6 Å². The van der Waals surface area contributed by atoms with E-state index in [1.54, 1.807) is 0 Å². The summed E-state index contributed by atoms with van der Waals surface area (Å²) in [6.45, 7) is 0.677. The van der Waals surface area contributed by atoms with Gasteiger partial charge in [-0.3, -0.25) is 0 Å². The number of hydrogen-bond acceptors (Lipinski definition) is 6. The van der Waals surface area contributed by atoms with Crippen LogP contribution in [0.4, 0.5) is 4.79 Å². The molecule has 1 atom stereocenters. The minimum atomic E-state index is -0.932. The van der Waals surface area contributed by atoms with Gasteiger partial charge in [0, 0.05) is 0 Å². The number of hydrazine groups is 1. The summed E-state index contributed by atoms with van der Waals surface area (Å²) in [4.78, 5) is 24.9. The maximum Gasteiger partial charge on any atom is 0.425 e. The normalized spacial score (nSPS) is 11.5. The maximum atomic E-state index is 12.5. The summed E-state index contributed by atoms with van der Waals surface area (Å²) in [5, 5.41) is 0.812. The fourth-order valence-electron chi connectivity index (χ4n) is 2.60. The van der Waals surface area contributed by atoms with Gasteiger partial charge in [-0.1, -0.05) is 60.7 Å². The van der Waals surface area contributed by atoms with Crippen LogP contribution in [0.3, 0.4) is 0 Å². The molecule has 7 nitrogen and oxygen atoms in total. The number of carbonyl (C=O) groups excluding carboxylic acids is 2. The van der Waals surface area contributed by atoms with Gasteiger partial charge in [0.15, 0.2) is 0 Å². The third kappa shape index (κ3) is 7.02. The number of unbranched alkanes of at least 4 members (excludes halogenated alkanes) is 1. The predicted octanol–water partition coefficient (Wildman–Crippen LogP) is 2.74. The Morgan fingerprint density at radius 1 is 0.857 bits per heavy atom. The number of nitrogens with zero attached hydrogens (tertiary/aromatic N) is 1. The number of amides is 1. The lowest BCUT2D eigenvalue weighted by Crippen LogP contribution is -2.50. The first-order chi connectivity index (χ1) is 13.6. The van der Waals surface area contributed by atoms with E-state index >= 15 is 0 Å². The molecule has 0 radical (unpaired) electrons. The highest BCUT2D eigenvalue weighted by Gasteiger charge is 2.30. The highest BCUT2D eigenvalue weighted by molar-refractivity contribution is 5.81. The van der Waals surface area contributed by atoms with Crippen molar-refractivity contribution in [1.29, 1.82) is 0 Å². The average molecular weight is 385 g/mol. The highest BCUT2D eigenvalue weighted by Crippen LogP contribution is 2.12. The number of nitrogens with two attached hydrogens (primary N) is 2. The monoisotopic (exact) mass is 385 g/mol. The van der Waals surface area contributed by atoms with Gasteiger partial charge in [0.05, 0.1) is 0 Å². The molecule has 2 aromatic rings. The first-order valence-corrected chi connectivity index (χ1v) is 9.27. The van der Waals surface area contributed by atoms with E-state index in [0.717, 1.165) is 22.6 Å². The third-order valence-electron chi connectivity index (χ3n) is 4.18. The van der Waals surface area contributed by atoms with E-state index in [9.17, 15) is 9.59 Å². The second-order valence-electron chi connectivity index (χ2n) is 6.34. The molecule has 0 bridgehead atoms. The fourth-order valence-corrected chi connectivity index (χ4v) is 2.60. The lowest BCUT2D eigenvalue weighted by Gasteiger charge is -2.25. The number of benzene rings is 2. The lowest BCUT2D eigenvalue weighted by atomic mass is 10.1. The SMILES string of the molecule is NCCCC[C@@H](C(=O)OCc1ccccc1)N(N)C(=O)OCc1ccccc1. The summed E-state index contributed by atoms with van der Waals surface area (Å²) >= 11 is 0. The molecule has 0 aliphatic rings. The lowest BCUT2D eigenvalue weighted by molar-refractivity contribution is -0.151. The zero-order valence-corrected chi connectivity index (χ0v) is 15.8. The summed E-state index contributed by atoms with van der Waals surface area (Å²) < 4.78 is 10.6. The van der Waals surface area contributed by atoms with Crippen molar-refractivity contribution in [1.82, 2.24) is 5.01 Å². The van der Waals surface area contributed by atoms with Gasteiger partial charge in [0.1, 0.15) is 19.3 Å². The van der Waals surface area contributed by atoms with Crippen LogP contribution in [0.5, 0.6) is 0 Å². The molecule has 2 aromatic carbocycles. The molecule has 0 aliphatic carbocycles. The Bertz CT molecular complexity index is 725. The number of carbonyl (C=O) groups is 2. The second kappa shape index (κ2) is 11.7. The molecule has 0 saturated heterocycles. The van der Waals surface area contributed by atoms with E-state index < -0.39 is 18.1 Å². The molecule has 0 unspecified atom stereocenters. The largest absolute Gasteiger partial charge is 0.459 e. The summed E-state index contributed by atoms with van der Waals surface area (Å²) in [6.07, 6.45) is 0.927. The molecule has 28 heavy (non-hydrogen) atoms. The minimum absolute atomic E-state index is 0.0714.